The second-order valence-corrected chi connectivity index (χ2v) is 5.45. The maximum absolute atomic E-state index is 13.6. The third-order valence-electron chi connectivity index (χ3n) is 2.87. The number of benzene rings is 2. The molecule has 19 heavy (non-hydrogen) atoms. The number of rotatable bonds is 4. The number of nitrogens with one attached hydrogen (secondary N) is 1. The van der Waals surface area contributed by atoms with Crippen LogP contribution in [0.4, 0.5) is 15.8 Å². The molecule has 0 aromatic heterocycles. The molecular weight excluding hydrogens is 307 g/mol. The van der Waals surface area contributed by atoms with Gasteiger partial charge in [-0.05, 0) is 42.5 Å². The third-order valence-corrected chi connectivity index (χ3v) is 3.37. The van der Waals surface area contributed by atoms with E-state index in [0.29, 0.717) is 12.1 Å². The van der Waals surface area contributed by atoms with Crippen molar-refractivity contribution in [3.63, 3.8) is 0 Å². The molecule has 0 spiro atoms. The van der Waals surface area contributed by atoms with Gasteiger partial charge < -0.3 is 10.2 Å². The monoisotopic (exact) mass is 322 g/mol. The van der Waals surface area contributed by atoms with E-state index in [0.717, 1.165) is 15.8 Å². The summed E-state index contributed by atoms with van der Waals surface area (Å²) in [5.41, 5.74) is 2.76. The summed E-state index contributed by atoms with van der Waals surface area (Å²) in [5.74, 6) is -0.194. The molecule has 0 fully saturated rings. The van der Waals surface area contributed by atoms with E-state index in [1.165, 1.54) is 6.07 Å². The Hall–Kier alpha value is -1.55. The predicted molar refractivity (Wildman–Crippen MR) is 82.2 cm³/mol. The number of hydrogen-bond donors (Lipinski definition) is 1. The Morgan fingerprint density at radius 3 is 2.42 bits per heavy atom. The molecule has 0 heterocycles. The highest BCUT2D eigenvalue weighted by atomic mass is 79.9. The first-order chi connectivity index (χ1) is 9.06. The van der Waals surface area contributed by atoms with Crippen molar-refractivity contribution in [1.82, 2.24) is 0 Å². The lowest BCUT2D eigenvalue weighted by Gasteiger charge is -2.13. The van der Waals surface area contributed by atoms with Gasteiger partial charge in [-0.25, -0.2) is 4.39 Å². The molecule has 0 aliphatic carbocycles. The summed E-state index contributed by atoms with van der Waals surface area (Å²) in [6.07, 6.45) is 0. The van der Waals surface area contributed by atoms with Crippen molar-refractivity contribution in [3.8, 4) is 0 Å². The summed E-state index contributed by atoms with van der Waals surface area (Å²) in [7, 11) is 4.00. The molecule has 2 rings (SSSR count). The van der Waals surface area contributed by atoms with Crippen LogP contribution in [0.5, 0.6) is 0 Å². The van der Waals surface area contributed by atoms with Gasteiger partial charge in [0.05, 0.1) is 0 Å². The SMILES string of the molecule is CN(C)c1ccc(NCc2cc(Br)ccc2F)cc1. The second-order valence-electron chi connectivity index (χ2n) is 4.53. The van der Waals surface area contributed by atoms with E-state index in [2.05, 4.69) is 21.2 Å². The van der Waals surface area contributed by atoms with Gasteiger partial charge in [-0.3, -0.25) is 0 Å². The van der Waals surface area contributed by atoms with Gasteiger partial charge in [0.25, 0.3) is 0 Å². The van der Waals surface area contributed by atoms with E-state index < -0.39 is 0 Å². The van der Waals surface area contributed by atoms with Crippen LogP contribution in [0.2, 0.25) is 0 Å². The molecule has 0 aliphatic heterocycles. The summed E-state index contributed by atoms with van der Waals surface area (Å²) in [6.45, 7) is 0.465. The Bertz CT molecular complexity index is 553. The summed E-state index contributed by atoms with van der Waals surface area (Å²) < 4.78 is 14.5. The fraction of sp³-hybridized carbons (Fsp3) is 0.200. The maximum Gasteiger partial charge on any atom is 0.128 e. The average molecular weight is 323 g/mol. The van der Waals surface area contributed by atoms with Crippen molar-refractivity contribution in [2.24, 2.45) is 0 Å². The highest BCUT2D eigenvalue weighted by Gasteiger charge is 2.03. The van der Waals surface area contributed by atoms with Crippen LogP contribution >= 0.6 is 15.9 Å². The lowest BCUT2D eigenvalue weighted by atomic mass is 10.2. The van der Waals surface area contributed by atoms with Crippen LogP contribution in [0.3, 0.4) is 0 Å². The largest absolute Gasteiger partial charge is 0.381 e. The van der Waals surface area contributed by atoms with Gasteiger partial charge in [-0.2, -0.15) is 0 Å². The highest BCUT2D eigenvalue weighted by molar-refractivity contribution is 9.10. The highest BCUT2D eigenvalue weighted by Crippen LogP contribution is 2.19. The molecule has 1 N–H and O–H groups in total. The molecule has 0 saturated heterocycles. The molecule has 0 unspecified atom stereocenters. The maximum atomic E-state index is 13.6. The minimum Gasteiger partial charge on any atom is -0.381 e. The van der Waals surface area contributed by atoms with E-state index >= 15 is 0 Å². The van der Waals surface area contributed by atoms with Crippen molar-refractivity contribution in [3.05, 3.63) is 58.3 Å². The zero-order valence-corrected chi connectivity index (χ0v) is 12.5. The normalized spacial score (nSPS) is 10.3. The molecule has 4 heteroatoms. The number of anilines is 2. The molecule has 0 saturated carbocycles. The van der Waals surface area contributed by atoms with Crippen LogP contribution in [0, 0.1) is 5.82 Å². The van der Waals surface area contributed by atoms with Crippen molar-refractivity contribution >= 4 is 27.3 Å². The molecule has 100 valence electrons. The first-order valence-electron chi connectivity index (χ1n) is 6.01. The molecule has 2 aromatic rings. The van der Waals surface area contributed by atoms with E-state index in [1.807, 2.05) is 43.3 Å². The fourth-order valence-electron chi connectivity index (χ4n) is 1.75. The van der Waals surface area contributed by atoms with E-state index in [4.69, 9.17) is 0 Å². The minimum absolute atomic E-state index is 0.194. The third kappa shape index (κ3) is 3.70. The van der Waals surface area contributed by atoms with Gasteiger partial charge in [-0.15, -0.1) is 0 Å². The fourth-order valence-corrected chi connectivity index (χ4v) is 2.16. The number of hydrogen-bond acceptors (Lipinski definition) is 2. The van der Waals surface area contributed by atoms with Gasteiger partial charge in [0.15, 0.2) is 0 Å². The van der Waals surface area contributed by atoms with Gasteiger partial charge in [-0.1, -0.05) is 15.9 Å². The van der Waals surface area contributed by atoms with Crippen LogP contribution in [-0.2, 0) is 6.54 Å². The summed E-state index contributed by atoms with van der Waals surface area (Å²) in [5, 5.41) is 3.22. The lowest BCUT2D eigenvalue weighted by molar-refractivity contribution is 0.612. The molecule has 0 aliphatic rings. The predicted octanol–water partition coefficient (Wildman–Crippen LogP) is 4.27. The van der Waals surface area contributed by atoms with Crippen LogP contribution in [0.1, 0.15) is 5.56 Å². The average Bonchev–Trinajstić information content (AvgIpc) is 2.40. The Labute approximate surface area is 121 Å². The summed E-state index contributed by atoms with van der Waals surface area (Å²) in [4.78, 5) is 2.04. The quantitative estimate of drug-likeness (QED) is 0.904. The first-order valence-corrected chi connectivity index (χ1v) is 6.81. The van der Waals surface area contributed by atoms with Crippen LogP contribution in [0.25, 0.3) is 0 Å². The molecule has 0 atom stereocenters. The molecular formula is C15H16BrFN2. The smallest absolute Gasteiger partial charge is 0.128 e. The first kappa shape index (κ1) is 13.9. The van der Waals surface area contributed by atoms with Crippen molar-refractivity contribution in [2.75, 3.05) is 24.3 Å². The molecule has 0 radical (unpaired) electrons. The Balaban J connectivity index is 2.04. The van der Waals surface area contributed by atoms with Crippen molar-refractivity contribution in [2.45, 2.75) is 6.54 Å². The molecule has 2 aromatic carbocycles. The zero-order chi connectivity index (χ0) is 13.8. The standard InChI is InChI=1S/C15H16BrFN2/c1-19(2)14-6-4-13(5-7-14)18-10-11-9-12(16)3-8-15(11)17/h3-9,18H,10H2,1-2H3. The van der Waals surface area contributed by atoms with Crippen LogP contribution in [-0.4, -0.2) is 14.1 Å². The van der Waals surface area contributed by atoms with E-state index in [1.54, 1.807) is 12.1 Å². The zero-order valence-electron chi connectivity index (χ0n) is 11.0. The van der Waals surface area contributed by atoms with Crippen molar-refractivity contribution in [1.29, 1.82) is 0 Å². The summed E-state index contributed by atoms with van der Waals surface area (Å²) >= 11 is 3.35. The van der Waals surface area contributed by atoms with Crippen molar-refractivity contribution < 1.29 is 4.39 Å². The Morgan fingerprint density at radius 1 is 1.11 bits per heavy atom. The Morgan fingerprint density at radius 2 is 1.79 bits per heavy atom. The summed E-state index contributed by atoms with van der Waals surface area (Å²) in [6, 6.07) is 13.0. The van der Waals surface area contributed by atoms with Gasteiger partial charge >= 0.3 is 0 Å². The van der Waals surface area contributed by atoms with Gasteiger partial charge in [0.1, 0.15) is 5.82 Å². The second kappa shape index (κ2) is 6.06. The minimum atomic E-state index is -0.194. The van der Waals surface area contributed by atoms with Crippen LogP contribution < -0.4 is 10.2 Å². The van der Waals surface area contributed by atoms with Gasteiger partial charge in [0, 0.05) is 42.1 Å². The van der Waals surface area contributed by atoms with E-state index in [-0.39, 0.29) is 5.82 Å². The number of nitrogens with zero attached hydrogens (tertiary/aromatic N) is 1. The molecule has 0 bridgehead atoms. The topological polar surface area (TPSA) is 15.3 Å². The van der Waals surface area contributed by atoms with Gasteiger partial charge in [0.2, 0.25) is 0 Å². The van der Waals surface area contributed by atoms with Crippen LogP contribution in [0.15, 0.2) is 46.9 Å². The Kier molecular flexibility index (Phi) is 4.43. The number of halogens is 2. The molecule has 0 amide bonds. The molecule has 2 nitrogen and oxygen atoms in total. The van der Waals surface area contributed by atoms with E-state index in [9.17, 15) is 4.39 Å². The lowest BCUT2D eigenvalue weighted by Crippen LogP contribution is -2.08.